The Balaban J connectivity index is -0.000000280. The van der Waals surface area contributed by atoms with Gasteiger partial charge in [0.2, 0.25) is 0 Å². The maximum atomic E-state index is 10.6. The zero-order valence-corrected chi connectivity index (χ0v) is 11.5. The van der Waals surface area contributed by atoms with Gasteiger partial charge in [0, 0.05) is 6.08 Å². The number of likely N-dealkylation sites (N-methyl/N-ethyl adjacent to an activating group) is 1. The van der Waals surface area contributed by atoms with Crippen molar-refractivity contribution in [3.05, 3.63) is 12.7 Å². The molecule has 0 rings (SSSR count). The van der Waals surface area contributed by atoms with E-state index in [0.717, 1.165) is 11.0 Å². The Kier molecular flexibility index (Phi) is 11.9. The van der Waals surface area contributed by atoms with E-state index >= 15 is 0 Å². The van der Waals surface area contributed by atoms with Crippen LogP contribution in [-0.4, -0.2) is 62.3 Å². The molecule has 0 aliphatic carbocycles. The van der Waals surface area contributed by atoms with E-state index in [2.05, 4.69) is 6.58 Å². The first-order valence-corrected chi connectivity index (χ1v) is 5.65. The number of ether oxygens (including phenoxy) is 1. The standard InChI is InChI=1S/C8H16NO2.ClH.H2O4S/c1-5-8(10)11-7-6-9(2,3)4;;1-5(2,3)4/h5H,1,6-7H2,2-4H3;1H;(H2,1,2,3,4)/q+1;;/p-1. The van der Waals surface area contributed by atoms with Gasteiger partial charge in [-0.25, -0.2) is 4.79 Å². The van der Waals surface area contributed by atoms with Crippen LogP contribution in [0.5, 0.6) is 0 Å². The fourth-order valence-electron chi connectivity index (χ4n) is 0.479. The van der Waals surface area contributed by atoms with Gasteiger partial charge in [0.15, 0.2) is 0 Å². The number of carbonyl (C=O) groups is 1. The third kappa shape index (κ3) is 39.3. The molecule has 0 saturated heterocycles. The van der Waals surface area contributed by atoms with Gasteiger partial charge in [0.1, 0.15) is 13.2 Å². The molecular formula is C8H18ClNO6S. The van der Waals surface area contributed by atoms with Crippen LogP contribution >= 0.6 is 0 Å². The van der Waals surface area contributed by atoms with Crippen LogP contribution in [0.2, 0.25) is 0 Å². The number of halogens is 1. The Morgan fingerprint density at radius 2 is 1.71 bits per heavy atom. The Labute approximate surface area is 108 Å². The van der Waals surface area contributed by atoms with Crippen molar-refractivity contribution in [2.24, 2.45) is 0 Å². The van der Waals surface area contributed by atoms with Gasteiger partial charge < -0.3 is 21.6 Å². The van der Waals surface area contributed by atoms with Gasteiger partial charge in [0.05, 0.1) is 21.1 Å². The Morgan fingerprint density at radius 1 is 1.35 bits per heavy atom. The molecule has 0 spiro atoms. The highest BCUT2D eigenvalue weighted by Crippen LogP contribution is 1.89. The average Bonchev–Trinajstić information content (AvgIpc) is 1.98. The van der Waals surface area contributed by atoms with Crippen LogP contribution in [0.15, 0.2) is 12.7 Å². The second kappa shape index (κ2) is 9.37. The van der Waals surface area contributed by atoms with Crippen LogP contribution in [0, 0.1) is 0 Å². The van der Waals surface area contributed by atoms with Gasteiger partial charge in [-0.05, 0) is 0 Å². The van der Waals surface area contributed by atoms with E-state index in [9.17, 15) is 4.79 Å². The van der Waals surface area contributed by atoms with Gasteiger partial charge in [-0.3, -0.25) is 9.11 Å². The molecular weight excluding hydrogens is 274 g/mol. The largest absolute Gasteiger partial charge is 1.00 e. The van der Waals surface area contributed by atoms with E-state index in [0.29, 0.717) is 6.61 Å². The summed E-state index contributed by atoms with van der Waals surface area (Å²) in [5.74, 6) is -0.349. The Hall–Kier alpha value is -0.670. The second-order valence-corrected chi connectivity index (χ2v) is 4.73. The third-order valence-electron chi connectivity index (χ3n) is 1.17. The van der Waals surface area contributed by atoms with Crippen molar-refractivity contribution < 1.29 is 43.9 Å². The molecule has 0 saturated carbocycles. The minimum atomic E-state index is -4.67. The molecule has 104 valence electrons. The van der Waals surface area contributed by atoms with Crippen molar-refractivity contribution in [2.75, 3.05) is 34.3 Å². The van der Waals surface area contributed by atoms with Crippen molar-refractivity contribution in [2.45, 2.75) is 0 Å². The molecule has 0 atom stereocenters. The van der Waals surface area contributed by atoms with Crippen LogP contribution in [0.4, 0.5) is 0 Å². The minimum Gasteiger partial charge on any atom is -1.00 e. The molecule has 0 aliphatic heterocycles. The number of esters is 1. The van der Waals surface area contributed by atoms with E-state index in [1.807, 2.05) is 21.1 Å². The fraction of sp³-hybridized carbons (Fsp3) is 0.625. The van der Waals surface area contributed by atoms with Gasteiger partial charge >= 0.3 is 16.4 Å². The van der Waals surface area contributed by atoms with Crippen molar-refractivity contribution in [1.29, 1.82) is 0 Å². The topological polar surface area (TPSA) is 101 Å². The first-order chi connectivity index (χ1) is 6.95. The number of carbonyl (C=O) groups excluding carboxylic acids is 1. The molecule has 2 N–H and O–H groups in total. The number of hydrogen-bond donors (Lipinski definition) is 2. The van der Waals surface area contributed by atoms with Gasteiger partial charge in [0.25, 0.3) is 0 Å². The van der Waals surface area contributed by atoms with Crippen molar-refractivity contribution >= 4 is 16.4 Å². The average molecular weight is 292 g/mol. The van der Waals surface area contributed by atoms with Crippen LogP contribution in [0.25, 0.3) is 0 Å². The highest BCUT2D eigenvalue weighted by molar-refractivity contribution is 7.79. The van der Waals surface area contributed by atoms with E-state index in [-0.39, 0.29) is 18.4 Å². The maximum Gasteiger partial charge on any atom is 0.394 e. The summed E-state index contributed by atoms with van der Waals surface area (Å²) < 4.78 is 37.2. The molecule has 0 bridgehead atoms. The van der Waals surface area contributed by atoms with Gasteiger partial charge in [-0.1, -0.05) is 6.58 Å². The predicted octanol–water partition coefficient (Wildman–Crippen LogP) is -3.23. The number of hydrogen-bond acceptors (Lipinski definition) is 4. The molecule has 0 fully saturated rings. The molecule has 9 heteroatoms. The summed E-state index contributed by atoms with van der Waals surface area (Å²) in [6.45, 7) is 4.57. The molecule has 0 unspecified atom stereocenters. The molecule has 7 nitrogen and oxygen atoms in total. The smallest absolute Gasteiger partial charge is 0.394 e. The number of quaternary nitrogens is 1. The summed E-state index contributed by atoms with van der Waals surface area (Å²) in [6, 6.07) is 0. The number of rotatable bonds is 4. The zero-order chi connectivity index (χ0) is 13.4. The molecule has 0 radical (unpaired) electrons. The van der Waals surface area contributed by atoms with Crippen LogP contribution in [-0.2, 0) is 19.9 Å². The molecule has 0 heterocycles. The van der Waals surface area contributed by atoms with Crippen molar-refractivity contribution in [3.8, 4) is 0 Å². The van der Waals surface area contributed by atoms with E-state index in [1.54, 1.807) is 0 Å². The SMILES string of the molecule is C=CC(=O)OCC[N+](C)(C)C.O=S(=O)(O)O.[Cl-]. The summed E-state index contributed by atoms with van der Waals surface area (Å²) in [5, 5.41) is 0. The first-order valence-electron chi connectivity index (χ1n) is 4.25. The maximum absolute atomic E-state index is 10.6. The zero-order valence-electron chi connectivity index (χ0n) is 9.96. The summed E-state index contributed by atoms with van der Waals surface area (Å²) in [5.41, 5.74) is 0. The lowest BCUT2D eigenvalue weighted by atomic mass is 10.5. The summed E-state index contributed by atoms with van der Waals surface area (Å²) in [4.78, 5) is 10.6. The lowest BCUT2D eigenvalue weighted by Gasteiger charge is -2.23. The highest BCUT2D eigenvalue weighted by Gasteiger charge is 2.06. The third-order valence-corrected chi connectivity index (χ3v) is 1.17. The van der Waals surface area contributed by atoms with Gasteiger partial charge in [-0.15, -0.1) is 0 Å². The van der Waals surface area contributed by atoms with Gasteiger partial charge in [-0.2, -0.15) is 8.42 Å². The van der Waals surface area contributed by atoms with Crippen LogP contribution in [0.3, 0.4) is 0 Å². The molecule has 0 aromatic rings. The minimum absolute atomic E-state index is 0. The molecule has 0 aliphatic rings. The fourth-order valence-corrected chi connectivity index (χ4v) is 0.479. The Bertz CT molecular complexity index is 313. The molecule has 0 aromatic carbocycles. The monoisotopic (exact) mass is 291 g/mol. The van der Waals surface area contributed by atoms with Crippen molar-refractivity contribution in [3.63, 3.8) is 0 Å². The Morgan fingerprint density at radius 3 is 1.94 bits per heavy atom. The van der Waals surface area contributed by atoms with E-state index < -0.39 is 10.4 Å². The normalized spacial score (nSPS) is 10.4. The lowest BCUT2D eigenvalue weighted by molar-refractivity contribution is -0.870. The van der Waals surface area contributed by atoms with Crippen LogP contribution < -0.4 is 12.4 Å². The molecule has 0 aromatic heterocycles. The first kappa shape index (κ1) is 21.6. The quantitative estimate of drug-likeness (QED) is 0.244. The van der Waals surface area contributed by atoms with Crippen molar-refractivity contribution in [1.82, 2.24) is 0 Å². The second-order valence-electron chi connectivity index (χ2n) is 3.83. The lowest BCUT2D eigenvalue weighted by Crippen LogP contribution is -3.00. The van der Waals surface area contributed by atoms with E-state index in [1.165, 1.54) is 6.08 Å². The highest BCUT2D eigenvalue weighted by atomic mass is 35.5. The molecule has 0 amide bonds. The summed E-state index contributed by atoms with van der Waals surface area (Å²) in [7, 11) is 1.46. The number of nitrogens with zero attached hydrogens (tertiary/aromatic N) is 1. The molecule has 17 heavy (non-hydrogen) atoms. The summed E-state index contributed by atoms with van der Waals surface area (Å²) in [6.07, 6.45) is 1.18. The summed E-state index contributed by atoms with van der Waals surface area (Å²) >= 11 is 0. The van der Waals surface area contributed by atoms with E-state index in [4.69, 9.17) is 22.3 Å². The van der Waals surface area contributed by atoms with Crippen LogP contribution in [0.1, 0.15) is 0 Å². The predicted molar refractivity (Wildman–Crippen MR) is 58.2 cm³/mol.